The lowest BCUT2D eigenvalue weighted by Gasteiger charge is -2.08. The highest BCUT2D eigenvalue weighted by atomic mass is 79.9. The third kappa shape index (κ3) is 3.04. The molecule has 0 spiro atoms. The van der Waals surface area contributed by atoms with E-state index in [2.05, 4.69) is 45.3 Å². The molecule has 4 nitrogen and oxygen atoms in total. The quantitative estimate of drug-likeness (QED) is 0.745. The van der Waals surface area contributed by atoms with Crippen molar-refractivity contribution in [3.8, 4) is 0 Å². The van der Waals surface area contributed by atoms with E-state index < -0.39 is 0 Å². The van der Waals surface area contributed by atoms with Crippen LogP contribution < -0.4 is 5.32 Å². The Bertz CT molecular complexity index is 756. The summed E-state index contributed by atoms with van der Waals surface area (Å²) in [4.78, 5) is 4.36. The van der Waals surface area contributed by atoms with Gasteiger partial charge in [0.25, 0.3) is 0 Å². The molecule has 0 saturated heterocycles. The van der Waals surface area contributed by atoms with Crippen molar-refractivity contribution >= 4 is 26.9 Å². The number of benzene rings is 1. The Hall–Kier alpha value is -1.59. The predicted octanol–water partition coefficient (Wildman–Crippen LogP) is 4.65. The van der Waals surface area contributed by atoms with Crippen LogP contribution in [0.25, 0.3) is 11.0 Å². The van der Waals surface area contributed by atoms with Gasteiger partial charge in [-0.25, -0.2) is 4.98 Å². The van der Waals surface area contributed by atoms with Crippen LogP contribution in [0.4, 0.5) is 0 Å². The van der Waals surface area contributed by atoms with Crippen LogP contribution in [0.5, 0.6) is 0 Å². The molecule has 2 heterocycles. The molecule has 21 heavy (non-hydrogen) atoms. The molecule has 0 aliphatic rings. The molecule has 0 saturated carbocycles. The van der Waals surface area contributed by atoms with Crippen molar-refractivity contribution in [2.45, 2.75) is 33.4 Å². The summed E-state index contributed by atoms with van der Waals surface area (Å²) in [5, 5.41) is 4.46. The summed E-state index contributed by atoms with van der Waals surface area (Å²) in [7, 11) is 0. The fraction of sp³-hybridized carbons (Fsp3) is 0.312. The zero-order chi connectivity index (χ0) is 15.0. The van der Waals surface area contributed by atoms with Crippen molar-refractivity contribution in [2.75, 3.05) is 0 Å². The Balaban J connectivity index is 1.72. The van der Waals surface area contributed by atoms with E-state index in [0.29, 0.717) is 12.4 Å². The molecule has 0 bridgehead atoms. The molecular formula is C16H17BrN2O2. The maximum atomic E-state index is 5.87. The number of furan rings is 1. The molecule has 2 aromatic heterocycles. The second-order valence-electron chi connectivity index (χ2n) is 5.18. The highest BCUT2D eigenvalue weighted by Crippen LogP contribution is 2.26. The number of oxazole rings is 1. The predicted molar refractivity (Wildman–Crippen MR) is 85.1 cm³/mol. The number of hydrogen-bond donors (Lipinski definition) is 1. The Kier molecular flexibility index (Phi) is 3.87. The van der Waals surface area contributed by atoms with E-state index in [1.807, 2.05) is 26.0 Å². The number of rotatable bonds is 4. The van der Waals surface area contributed by atoms with Gasteiger partial charge in [-0.05, 0) is 45.0 Å². The molecule has 3 rings (SSSR count). The van der Waals surface area contributed by atoms with E-state index in [1.165, 1.54) is 0 Å². The van der Waals surface area contributed by atoms with Gasteiger partial charge in [0, 0.05) is 9.86 Å². The lowest BCUT2D eigenvalue weighted by atomic mass is 10.2. The Morgan fingerprint density at radius 3 is 2.76 bits per heavy atom. The number of halogens is 1. The van der Waals surface area contributed by atoms with Gasteiger partial charge in [-0.1, -0.05) is 15.9 Å². The minimum absolute atomic E-state index is 0.0867. The Morgan fingerprint density at radius 1 is 1.24 bits per heavy atom. The molecule has 1 aromatic carbocycles. The van der Waals surface area contributed by atoms with Crippen molar-refractivity contribution < 1.29 is 8.83 Å². The molecule has 5 heteroatoms. The molecule has 0 amide bonds. The molecular weight excluding hydrogens is 332 g/mol. The van der Waals surface area contributed by atoms with Gasteiger partial charge in [0.05, 0.1) is 18.3 Å². The van der Waals surface area contributed by atoms with Gasteiger partial charge >= 0.3 is 0 Å². The van der Waals surface area contributed by atoms with Crippen molar-refractivity contribution in [1.29, 1.82) is 0 Å². The average Bonchev–Trinajstić information content (AvgIpc) is 3.00. The number of aryl methyl sites for hydroxylation is 2. The molecule has 110 valence electrons. The van der Waals surface area contributed by atoms with Gasteiger partial charge in [0.1, 0.15) is 17.1 Å². The standard InChI is InChI=1S/C16H17BrN2O2/c1-9-11(3)20-16(19-9)8-18-10(2)15-7-12-6-13(17)4-5-14(12)21-15/h4-7,10,18H,8H2,1-3H3. The van der Waals surface area contributed by atoms with Crippen LogP contribution in [-0.2, 0) is 6.54 Å². The molecule has 1 unspecified atom stereocenters. The van der Waals surface area contributed by atoms with Crippen LogP contribution in [0.15, 0.2) is 37.6 Å². The van der Waals surface area contributed by atoms with E-state index in [0.717, 1.165) is 32.7 Å². The van der Waals surface area contributed by atoms with E-state index in [9.17, 15) is 0 Å². The fourth-order valence-corrected chi connectivity index (χ4v) is 2.58. The van der Waals surface area contributed by atoms with Crippen molar-refractivity contribution in [1.82, 2.24) is 10.3 Å². The first kappa shape index (κ1) is 14.4. The van der Waals surface area contributed by atoms with Crippen LogP contribution in [0.2, 0.25) is 0 Å². The normalized spacial score (nSPS) is 13.0. The third-order valence-corrected chi connectivity index (χ3v) is 4.05. The fourth-order valence-electron chi connectivity index (χ4n) is 2.20. The highest BCUT2D eigenvalue weighted by Gasteiger charge is 2.13. The van der Waals surface area contributed by atoms with Crippen molar-refractivity contribution in [3.05, 3.63) is 51.8 Å². The smallest absolute Gasteiger partial charge is 0.208 e. The number of nitrogens with zero attached hydrogens (tertiary/aromatic N) is 1. The third-order valence-electron chi connectivity index (χ3n) is 3.56. The first-order valence-corrected chi connectivity index (χ1v) is 7.67. The molecule has 0 radical (unpaired) electrons. The monoisotopic (exact) mass is 348 g/mol. The maximum absolute atomic E-state index is 5.87. The Morgan fingerprint density at radius 2 is 2.05 bits per heavy atom. The largest absolute Gasteiger partial charge is 0.459 e. The van der Waals surface area contributed by atoms with Gasteiger partial charge < -0.3 is 8.83 Å². The summed E-state index contributed by atoms with van der Waals surface area (Å²) in [5.74, 6) is 2.48. The van der Waals surface area contributed by atoms with Crippen molar-refractivity contribution in [3.63, 3.8) is 0 Å². The van der Waals surface area contributed by atoms with Crippen LogP contribution in [0.1, 0.15) is 36.1 Å². The van der Waals surface area contributed by atoms with Gasteiger partial charge in [-0.3, -0.25) is 5.32 Å². The van der Waals surface area contributed by atoms with Crippen LogP contribution in [0, 0.1) is 13.8 Å². The van der Waals surface area contributed by atoms with Crippen LogP contribution in [0.3, 0.4) is 0 Å². The van der Waals surface area contributed by atoms with E-state index in [-0.39, 0.29) is 6.04 Å². The van der Waals surface area contributed by atoms with Gasteiger partial charge in [-0.2, -0.15) is 0 Å². The van der Waals surface area contributed by atoms with E-state index in [1.54, 1.807) is 0 Å². The minimum Gasteiger partial charge on any atom is -0.459 e. The average molecular weight is 349 g/mol. The highest BCUT2D eigenvalue weighted by molar-refractivity contribution is 9.10. The first-order chi connectivity index (χ1) is 10.0. The summed E-state index contributed by atoms with van der Waals surface area (Å²) in [6, 6.07) is 8.14. The second kappa shape index (κ2) is 5.66. The topological polar surface area (TPSA) is 51.2 Å². The number of fused-ring (bicyclic) bond motifs is 1. The molecule has 1 N–H and O–H groups in total. The maximum Gasteiger partial charge on any atom is 0.208 e. The zero-order valence-electron chi connectivity index (χ0n) is 12.2. The van der Waals surface area contributed by atoms with Crippen LogP contribution >= 0.6 is 15.9 Å². The summed E-state index contributed by atoms with van der Waals surface area (Å²) < 4.78 is 12.5. The molecule has 1 atom stereocenters. The van der Waals surface area contributed by atoms with E-state index in [4.69, 9.17) is 8.83 Å². The SMILES string of the molecule is Cc1nc(CNC(C)c2cc3cc(Br)ccc3o2)oc1C. The van der Waals surface area contributed by atoms with Crippen LogP contribution in [-0.4, -0.2) is 4.98 Å². The summed E-state index contributed by atoms with van der Waals surface area (Å²) in [6.07, 6.45) is 0. The van der Waals surface area contributed by atoms with Gasteiger partial charge in [0.15, 0.2) is 0 Å². The first-order valence-electron chi connectivity index (χ1n) is 6.88. The molecule has 0 aliphatic heterocycles. The summed E-state index contributed by atoms with van der Waals surface area (Å²) in [6.45, 7) is 6.52. The zero-order valence-corrected chi connectivity index (χ0v) is 13.8. The Labute approximate surface area is 131 Å². The lowest BCUT2D eigenvalue weighted by molar-refractivity contribution is 0.404. The number of hydrogen-bond acceptors (Lipinski definition) is 4. The molecule has 0 fully saturated rings. The second-order valence-corrected chi connectivity index (χ2v) is 6.10. The summed E-state index contributed by atoms with van der Waals surface area (Å²) in [5.41, 5.74) is 1.83. The van der Waals surface area contributed by atoms with Crippen molar-refractivity contribution in [2.24, 2.45) is 0 Å². The molecule has 3 aromatic rings. The summed E-state index contributed by atoms with van der Waals surface area (Å²) >= 11 is 3.47. The lowest BCUT2D eigenvalue weighted by Crippen LogP contribution is -2.17. The number of nitrogens with one attached hydrogen (secondary N) is 1. The van der Waals surface area contributed by atoms with E-state index >= 15 is 0 Å². The number of aromatic nitrogens is 1. The molecule has 0 aliphatic carbocycles. The van der Waals surface area contributed by atoms with Gasteiger partial charge in [0.2, 0.25) is 5.89 Å². The minimum atomic E-state index is 0.0867. The van der Waals surface area contributed by atoms with Gasteiger partial charge in [-0.15, -0.1) is 0 Å².